The van der Waals surface area contributed by atoms with Gasteiger partial charge in [0.05, 0.1) is 0 Å². The zero-order valence-corrected chi connectivity index (χ0v) is 16.7. The SMILES string of the molecule is Cc1cccc(/C=C/C(=O)N2CCN(S(=O)(=O)/C=C/c3ccccc3)CC2)c1. The van der Waals surface area contributed by atoms with Gasteiger partial charge in [-0.2, -0.15) is 4.31 Å². The van der Waals surface area contributed by atoms with Crippen LogP contribution in [0, 0.1) is 6.92 Å². The molecule has 0 aromatic heterocycles. The van der Waals surface area contributed by atoms with Gasteiger partial charge < -0.3 is 4.90 Å². The third kappa shape index (κ3) is 5.41. The lowest BCUT2D eigenvalue weighted by atomic mass is 10.1. The number of piperazine rings is 1. The third-order valence-corrected chi connectivity index (χ3v) is 6.17. The van der Waals surface area contributed by atoms with Crippen LogP contribution in [0.5, 0.6) is 0 Å². The highest BCUT2D eigenvalue weighted by molar-refractivity contribution is 7.92. The van der Waals surface area contributed by atoms with Crippen LogP contribution in [0.15, 0.2) is 66.1 Å². The number of benzene rings is 2. The van der Waals surface area contributed by atoms with Crippen molar-refractivity contribution in [3.63, 3.8) is 0 Å². The standard InChI is InChI=1S/C22H24N2O3S/c1-19-6-5-9-21(18-19)10-11-22(25)23-13-15-24(16-14-23)28(26,27)17-12-20-7-3-2-4-8-20/h2-12,17-18H,13-16H2,1H3/b11-10+,17-12+. The number of sulfonamides is 1. The van der Waals surface area contributed by atoms with Crippen LogP contribution in [-0.2, 0) is 14.8 Å². The summed E-state index contributed by atoms with van der Waals surface area (Å²) in [5.41, 5.74) is 2.94. The fourth-order valence-corrected chi connectivity index (χ4v) is 4.20. The van der Waals surface area contributed by atoms with Crippen molar-refractivity contribution in [1.29, 1.82) is 0 Å². The van der Waals surface area contributed by atoms with E-state index in [2.05, 4.69) is 0 Å². The highest BCUT2D eigenvalue weighted by Crippen LogP contribution is 2.13. The highest BCUT2D eigenvalue weighted by Gasteiger charge is 2.26. The van der Waals surface area contributed by atoms with Gasteiger partial charge >= 0.3 is 0 Å². The predicted octanol–water partition coefficient (Wildman–Crippen LogP) is 3.15. The average Bonchev–Trinajstić information content (AvgIpc) is 2.71. The lowest BCUT2D eigenvalue weighted by Crippen LogP contribution is -2.49. The first-order valence-electron chi connectivity index (χ1n) is 9.21. The first kappa shape index (κ1) is 20.0. The first-order chi connectivity index (χ1) is 13.4. The summed E-state index contributed by atoms with van der Waals surface area (Å²) in [5.74, 6) is -0.0987. The molecule has 2 aromatic rings. The van der Waals surface area contributed by atoms with E-state index in [9.17, 15) is 13.2 Å². The fraction of sp³-hybridized carbons (Fsp3) is 0.227. The normalized spacial score (nSPS) is 16.1. The number of carbonyl (C=O) groups excluding carboxylic acids is 1. The Morgan fingerprint density at radius 1 is 0.893 bits per heavy atom. The number of hydrogen-bond donors (Lipinski definition) is 0. The molecule has 0 aliphatic carbocycles. The molecule has 0 spiro atoms. The van der Waals surface area contributed by atoms with Crippen LogP contribution >= 0.6 is 0 Å². The molecule has 0 saturated carbocycles. The van der Waals surface area contributed by atoms with E-state index in [1.165, 1.54) is 9.71 Å². The van der Waals surface area contributed by atoms with Crippen molar-refractivity contribution in [2.75, 3.05) is 26.2 Å². The minimum absolute atomic E-state index is 0.0987. The highest BCUT2D eigenvalue weighted by atomic mass is 32.2. The fourth-order valence-electron chi connectivity index (χ4n) is 3.02. The van der Waals surface area contributed by atoms with E-state index in [-0.39, 0.29) is 5.91 Å². The Bertz CT molecular complexity index is 974. The van der Waals surface area contributed by atoms with Crippen LogP contribution in [-0.4, -0.2) is 49.7 Å². The van der Waals surface area contributed by atoms with Crippen LogP contribution in [0.3, 0.4) is 0 Å². The molecule has 146 valence electrons. The van der Waals surface area contributed by atoms with Crippen LogP contribution in [0.1, 0.15) is 16.7 Å². The van der Waals surface area contributed by atoms with Crippen molar-refractivity contribution in [1.82, 2.24) is 9.21 Å². The zero-order valence-electron chi connectivity index (χ0n) is 15.9. The quantitative estimate of drug-likeness (QED) is 0.730. The smallest absolute Gasteiger partial charge is 0.246 e. The van der Waals surface area contributed by atoms with Gasteiger partial charge in [0.2, 0.25) is 15.9 Å². The number of nitrogens with zero attached hydrogens (tertiary/aromatic N) is 2. The molecule has 0 radical (unpaired) electrons. The summed E-state index contributed by atoms with van der Waals surface area (Å²) < 4.78 is 26.4. The van der Waals surface area contributed by atoms with Crippen molar-refractivity contribution >= 4 is 28.1 Å². The number of aryl methyl sites for hydroxylation is 1. The molecular formula is C22H24N2O3S. The van der Waals surface area contributed by atoms with Gasteiger partial charge in [0.1, 0.15) is 0 Å². The molecule has 1 fully saturated rings. The summed E-state index contributed by atoms with van der Waals surface area (Å²) >= 11 is 0. The maximum atomic E-state index is 12.5. The summed E-state index contributed by atoms with van der Waals surface area (Å²) in [6.45, 7) is 3.37. The Kier molecular flexibility index (Phi) is 6.44. The lowest BCUT2D eigenvalue weighted by Gasteiger charge is -2.32. The minimum atomic E-state index is -3.49. The summed E-state index contributed by atoms with van der Waals surface area (Å²) in [5, 5.41) is 1.23. The van der Waals surface area contributed by atoms with Gasteiger partial charge in [-0.25, -0.2) is 8.42 Å². The van der Waals surface area contributed by atoms with Crippen molar-refractivity contribution in [2.45, 2.75) is 6.92 Å². The molecule has 1 heterocycles. The molecule has 0 unspecified atom stereocenters. The molecular weight excluding hydrogens is 372 g/mol. The van der Waals surface area contributed by atoms with Crippen molar-refractivity contribution in [2.24, 2.45) is 0 Å². The molecule has 1 aliphatic rings. The molecule has 5 nitrogen and oxygen atoms in total. The van der Waals surface area contributed by atoms with Crippen LogP contribution < -0.4 is 0 Å². The maximum Gasteiger partial charge on any atom is 0.246 e. The van der Waals surface area contributed by atoms with Crippen molar-refractivity contribution in [3.8, 4) is 0 Å². The van der Waals surface area contributed by atoms with Crippen LogP contribution in [0.4, 0.5) is 0 Å². The molecule has 6 heteroatoms. The Hall–Kier alpha value is -2.70. The van der Waals surface area contributed by atoms with E-state index in [4.69, 9.17) is 0 Å². The van der Waals surface area contributed by atoms with E-state index >= 15 is 0 Å². The average molecular weight is 397 g/mol. The molecule has 1 amide bonds. The largest absolute Gasteiger partial charge is 0.337 e. The Morgan fingerprint density at radius 3 is 2.25 bits per heavy atom. The third-order valence-electron chi connectivity index (χ3n) is 4.60. The Balaban J connectivity index is 1.56. The van der Waals surface area contributed by atoms with Crippen LogP contribution in [0.25, 0.3) is 12.2 Å². The first-order valence-corrected chi connectivity index (χ1v) is 10.7. The van der Waals surface area contributed by atoms with Gasteiger partial charge in [-0.05, 0) is 30.2 Å². The van der Waals surface area contributed by atoms with E-state index in [1.807, 2.05) is 61.5 Å². The second-order valence-electron chi connectivity index (χ2n) is 6.73. The molecule has 3 rings (SSSR count). The summed E-state index contributed by atoms with van der Waals surface area (Å²) in [6.07, 6.45) is 4.94. The van der Waals surface area contributed by atoms with Gasteiger partial charge in [-0.1, -0.05) is 60.2 Å². The van der Waals surface area contributed by atoms with Gasteiger partial charge in [-0.3, -0.25) is 4.79 Å². The molecule has 28 heavy (non-hydrogen) atoms. The Labute approximate surface area is 166 Å². The second kappa shape index (κ2) is 8.99. The van der Waals surface area contributed by atoms with Crippen LogP contribution in [0.2, 0.25) is 0 Å². The number of amides is 1. The summed E-state index contributed by atoms with van der Waals surface area (Å²) in [6, 6.07) is 17.2. The minimum Gasteiger partial charge on any atom is -0.337 e. The Morgan fingerprint density at radius 2 is 1.57 bits per heavy atom. The van der Waals surface area contributed by atoms with E-state index < -0.39 is 10.0 Å². The molecule has 0 atom stereocenters. The monoisotopic (exact) mass is 396 g/mol. The molecule has 1 saturated heterocycles. The molecule has 0 bridgehead atoms. The molecule has 0 N–H and O–H groups in total. The topological polar surface area (TPSA) is 57.7 Å². The maximum absolute atomic E-state index is 12.5. The van der Waals surface area contributed by atoms with Crippen molar-refractivity contribution in [3.05, 3.63) is 82.8 Å². The van der Waals surface area contributed by atoms with Gasteiger partial charge in [0.15, 0.2) is 0 Å². The number of rotatable bonds is 5. The zero-order chi connectivity index (χ0) is 20.0. The summed E-state index contributed by atoms with van der Waals surface area (Å²) in [7, 11) is -3.49. The summed E-state index contributed by atoms with van der Waals surface area (Å²) in [4.78, 5) is 14.1. The van der Waals surface area contributed by atoms with Gasteiger partial charge in [0.25, 0.3) is 0 Å². The lowest BCUT2D eigenvalue weighted by molar-refractivity contribution is -0.127. The van der Waals surface area contributed by atoms with E-state index in [0.717, 1.165) is 16.7 Å². The van der Waals surface area contributed by atoms with Gasteiger partial charge in [-0.15, -0.1) is 0 Å². The van der Waals surface area contributed by atoms with E-state index in [1.54, 1.807) is 23.1 Å². The molecule has 1 aliphatic heterocycles. The van der Waals surface area contributed by atoms with Crippen molar-refractivity contribution < 1.29 is 13.2 Å². The van der Waals surface area contributed by atoms with Gasteiger partial charge in [0, 0.05) is 37.7 Å². The predicted molar refractivity (Wildman–Crippen MR) is 113 cm³/mol. The van der Waals surface area contributed by atoms with E-state index in [0.29, 0.717) is 26.2 Å². The molecule has 2 aromatic carbocycles. The number of hydrogen-bond acceptors (Lipinski definition) is 3. The number of carbonyl (C=O) groups is 1. The second-order valence-corrected chi connectivity index (χ2v) is 8.55.